The molecular formula is C10H8BrClN2O. The summed E-state index contributed by atoms with van der Waals surface area (Å²) in [4.78, 5) is 4.21. The van der Waals surface area contributed by atoms with Crippen LogP contribution in [0.15, 0.2) is 22.8 Å². The molecule has 1 heterocycles. The van der Waals surface area contributed by atoms with Crippen molar-refractivity contribution in [1.82, 2.24) is 4.98 Å². The molecule has 0 fully saturated rings. The standard InChI is InChI=1S/C10H8BrClN2O/c1-15-7-3-2-6(12)10-8(7)9(13)5(11)4-14-10/h2-4H,1H3,(H2,13,14). The highest BCUT2D eigenvalue weighted by atomic mass is 79.9. The SMILES string of the molecule is COc1ccc(Cl)c2ncc(Br)c(N)c12. The maximum atomic E-state index is 6.02. The van der Waals surface area contributed by atoms with Gasteiger partial charge in [-0.3, -0.25) is 4.98 Å². The van der Waals surface area contributed by atoms with Crippen molar-refractivity contribution in [3.63, 3.8) is 0 Å². The van der Waals surface area contributed by atoms with Gasteiger partial charge in [-0.2, -0.15) is 0 Å². The second-order valence-corrected chi connectivity index (χ2v) is 4.25. The van der Waals surface area contributed by atoms with Crippen molar-refractivity contribution < 1.29 is 4.74 Å². The first-order chi connectivity index (χ1) is 7.15. The molecule has 0 amide bonds. The molecule has 0 saturated carbocycles. The zero-order valence-corrected chi connectivity index (χ0v) is 10.3. The molecule has 0 atom stereocenters. The Labute approximate surface area is 100 Å². The lowest BCUT2D eigenvalue weighted by molar-refractivity contribution is 0.420. The molecule has 78 valence electrons. The number of hydrogen-bond donors (Lipinski definition) is 1. The van der Waals surface area contributed by atoms with Crippen LogP contribution in [0.25, 0.3) is 10.9 Å². The summed E-state index contributed by atoms with van der Waals surface area (Å²) in [5.74, 6) is 0.667. The number of nitrogen functional groups attached to an aromatic ring is 1. The predicted octanol–water partition coefficient (Wildman–Crippen LogP) is 3.24. The van der Waals surface area contributed by atoms with Crippen LogP contribution in [0.4, 0.5) is 5.69 Å². The average Bonchev–Trinajstić information content (AvgIpc) is 2.24. The van der Waals surface area contributed by atoms with Gasteiger partial charge in [0.05, 0.1) is 33.2 Å². The minimum absolute atomic E-state index is 0.560. The first-order valence-electron chi connectivity index (χ1n) is 4.21. The fraction of sp³-hybridized carbons (Fsp3) is 0.100. The summed E-state index contributed by atoms with van der Waals surface area (Å²) in [6.07, 6.45) is 1.63. The molecule has 2 aromatic rings. The van der Waals surface area contributed by atoms with Gasteiger partial charge in [-0.15, -0.1) is 0 Å². The molecule has 0 aliphatic heterocycles. The van der Waals surface area contributed by atoms with E-state index in [4.69, 9.17) is 22.1 Å². The second-order valence-electron chi connectivity index (χ2n) is 2.99. The Morgan fingerprint density at radius 3 is 2.87 bits per heavy atom. The van der Waals surface area contributed by atoms with E-state index in [1.807, 2.05) is 0 Å². The van der Waals surface area contributed by atoms with Gasteiger partial charge in [-0.05, 0) is 28.1 Å². The average molecular weight is 288 g/mol. The molecule has 2 N–H and O–H groups in total. The van der Waals surface area contributed by atoms with Crippen LogP contribution in [0.3, 0.4) is 0 Å². The molecule has 3 nitrogen and oxygen atoms in total. The van der Waals surface area contributed by atoms with E-state index in [9.17, 15) is 0 Å². The molecule has 0 unspecified atom stereocenters. The van der Waals surface area contributed by atoms with E-state index >= 15 is 0 Å². The largest absolute Gasteiger partial charge is 0.496 e. The van der Waals surface area contributed by atoms with Crippen LogP contribution in [-0.2, 0) is 0 Å². The van der Waals surface area contributed by atoms with Gasteiger partial charge in [0.2, 0.25) is 0 Å². The van der Waals surface area contributed by atoms with Gasteiger partial charge in [0.25, 0.3) is 0 Å². The first kappa shape index (κ1) is 10.5. The summed E-state index contributed by atoms with van der Waals surface area (Å²) in [7, 11) is 1.59. The van der Waals surface area contributed by atoms with E-state index in [1.54, 1.807) is 25.4 Å². The van der Waals surface area contributed by atoms with Crippen molar-refractivity contribution in [3.05, 3.63) is 27.8 Å². The van der Waals surface area contributed by atoms with Gasteiger partial charge < -0.3 is 10.5 Å². The monoisotopic (exact) mass is 286 g/mol. The summed E-state index contributed by atoms with van der Waals surface area (Å²) >= 11 is 9.34. The quantitative estimate of drug-likeness (QED) is 0.876. The maximum absolute atomic E-state index is 6.02. The molecule has 2 rings (SSSR count). The van der Waals surface area contributed by atoms with Gasteiger partial charge in [-0.1, -0.05) is 11.6 Å². The van der Waals surface area contributed by atoms with E-state index in [1.165, 1.54) is 0 Å². The molecular weight excluding hydrogens is 279 g/mol. The van der Waals surface area contributed by atoms with E-state index in [0.717, 1.165) is 9.86 Å². The van der Waals surface area contributed by atoms with Crippen molar-refractivity contribution >= 4 is 44.1 Å². The molecule has 0 aliphatic carbocycles. The minimum Gasteiger partial charge on any atom is -0.496 e. The summed E-state index contributed by atoms with van der Waals surface area (Å²) < 4.78 is 5.95. The van der Waals surface area contributed by atoms with Crippen LogP contribution in [0.2, 0.25) is 5.02 Å². The Bertz CT molecular complexity index is 530. The lowest BCUT2D eigenvalue weighted by Gasteiger charge is -2.09. The number of rotatable bonds is 1. The van der Waals surface area contributed by atoms with Crippen LogP contribution in [-0.4, -0.2) is 12.1 Å². The Hall–Kier alpha value is -1.00. The number of halogens is 2. The van der Waals surface area contributed by atoms with Crippen molar-refractivity contribution in [2.75, 3.05) is 12.8 Å². The molecule has 0 bridgehead atoms. The van der Waals surface area contributed by atoms with Gasteiger partial charge in [0.15, 0.2) is 0 Å². The summed E-state index contributed by atoms with van der Waals surface area (Å²) in [6.45, 7) is 0. The summed E-state index contributed by atoms with van der Waals surface area (Å²) in [5, 5.41) is 1.30. The normalized spacial score (nSPS) is 10.6. The molecule has 5 heteroatoms. The summed E-state index contributed by atoms with van der Waals surface area (Å²) in [5.41, 5.74) is 7.17. The highest BCUT2D eigenvalue weighted by Gasteiger charge is 2.11. The second kappa shape index (κ2) is 3.87. The van der Waals surface area contributed by atoms with Crippen molar-refractivity contribution in [3.8, 4) is 5.75 Å². The maximum Gasteiger partial charge on any atom is 0.130 e. The van der Waals surface area contributed by atoms with E-state index < -0.39 is 0 Å². The van der Waals surface area contributed by atoms with E-state index in [2.05, 4.69) is 20.9 Å². The molecule has 0 radical (unpaired) electrons. The van der Waals surface area contributed by atoms with Crippen LogP contribution < -0.4 is 10.5 Å². The van der Waals surface area contributed by atoms with Crippen molar-refractivity contribution in [2.24, 2.45) is 0 Å². The smallest absolute Gasteiger partial charge is 0.130 e. The lowest BCUT2D eigenvalue weighted by atomic mass is 10.1. The number of anilines is 1. The number of nitrogens with zero attached hydrogens (tertiary/aromatic N) is 1. The fourth-order valence-electron chi connectivity index (χ4n) is 1.41. The van der Waals surface area contributed by atoms with E-state index in [-0.39, 0.29) is 0 Å². The molecule has 0 saturated heterocycles. The molecule has 0 aliphatic rings. The Morgan fingerprint density at radius 2 is 2.20 bits per heavy atom. The van der Waals surface area contributed by atoms with Crippen LogP contribution in [0.1, 0.15) is 0 Å². The molecule has 0 spiro atoms. The predicted molar refractivity (Wildman–Crippen MR) is 65.4 cm³/mol. The lowest BCUT2D eigenvalue weighted by Crippen LogP contribution is -1.94. The highest BCUT2D eigenvalue weighted by molar-refractivity contribution is 9.10. The Balaban J connectivity index is 2.95. The van der Waals surface area contributed by atoms with E-state index in [0.29, 0.717) is 22.0 Å². The number of pyridine rings is 1. The number of benzene rings is 1. The first-order valence-corrected chi connectivity index (χ1v) is 5.38. The number of ether oxygens (including phenoxy) is 1. The number of methoxy groups -OCH3 is 1. The van der Waals surface area contributed by atoms with Gasteiger partial charge >= 0.3 is 0 Å². The van der Waals surface area contributed by atoms with Crippen LogP contribution in [0, 0.1) is 0 Å². The number of fused-ring (bicyclic) bond motifs is 1. The number of hydrogen-bond acceptors (Lipinski definition) is 3. The number of nitrogens with two attached hydrogens (primary N) is 1. The van der Waals surface area contributed by atoms with Crippen LogP contribution in [0.5, 0.6) is 5.75 Å². The number of aromatic nitrogens is 1. The fourth-order valence-corrected chi connectivity index (χ4v) is 1.92. The Kier molecular flexibility index (Phi) is 2.71. The van der Waals surface area contributed by atoms with Gasteiger partial charge in [0, 0.05) is 6.20 Å². The van der Waals surface area contributed by atoms with Crippen LogP contribution >= 0.6 is 27.5 Å². The molecule has 1 aromatic carbocycles. The third-order valence-corrected chi connectivity index (χ3v) is 3.08. The zero-order valence-electron chi connectivity index (χ0n) is 7.92. The van der Waals surface area contributed by atoms with Gasteiger partial charge in [-0.25, -0.2) is 0 Å². The third-order valence-electron chi connectivity index (χ3n) is 2.14. The topological polar surface area (TPSA) is 48.1 Å². The van der Waals surface area contributed by atoms with Crippen molar-refractivity contribution in [2.45, 2.75) is 0 Å². The summed E-state index contributed by atoms with van der Waals surface area (Å²) in [6, 6.07) is 3.51. The molecule has 1 aromatic heterocycles. The van der Waals surface area contributed by atoms with Crippen molar-refractivity contribution in [1.29, 1.82) is 0 Å². The van der Waals surface area contributed by atoms with Gasteiger partial charge in [0.1, 0.15) is 5.75 Å². The minimum atomic E-state index is 0.560. The highest BCUT2D eigenvalue weighted by Crippen LogP contribution is 2.37. The Morgan fingerprint density at radius 1 is 1.47 bits per heavy atom. The third kappa shape index (κ3) is 1.64. The molecule has 15 heavy (non-hydrogen) atoms. The zero-order chi connectivity index (χ0) is 11.0.